The summed E-state index contributed by atoms with van der Waals surface area (Å²) < 4.78 is 41.4. The van der Waals surface area contributed by atoms with E-state index in [9.17, 15) is 5.26 Å². The normalized spacial score (nSPS) is 11.4. The standard InChI is InChI=1S/5C24H23N2O/c1-15(2)14-17-10-12-19(25-4)24-22(17)18-11-9-16(3)21(23(18)27-24)20-8-6-7-13-26(20)5;1-15(2)12-17-9-10-21-23(24(17)25-4)19-14-18(16(3)13-22(19)27-21)20-8-6-7-11-26(20)5;1-15(2)12-17-9-10-20-18(14-17)23-21(27-20)13-16(3)22(24(23)25-4)19-8-6-7-11-26(19)5;1-15(2)10-17-12-19-20-13-18(22-8-6-7-9-26(22)5)16(3)11-23(20)27-24(19)14-21(17)25-4;1-15(2)9-17-11-18(14-25)24-21(12-17)20-13-19(16(3)10-23(20)27-24)22-7-5-6-8-26(22)4/h6-13,15H,14H2,1-3,5H3;2*6-11,13-15H,12H2,1-3,5H3;6-9,11-15H,10H2,1-3,5H3;5-8,10-13,15H,9H2,1-4H3/q5*+1. The highest BCUT2D eigenvalue weighted by atomic mass is 16.3. The van der Waals surface area contributed by atoms with E-state index in [4.69, 9.17) is 48.4 Å². The van der Waals surface area contributed by atoms with Crippen LogP contribution in [0.1, 0.15) is 130 Å². The predicted molar refractivity (Wildman–Crippen MR) is 548 cm³/mol. The van der Waals surface area contributed by atoms with Crippen molar-refractivity contribution < 1.29 is 44.9 Å². The van der Waals surface area contributed by atoms with E-state index < -0.39 is 0 Å². The number of nitriles is 1. The smallest absolute Gasteiger partial charge is 0.229 e. The Hall–Kier alpha value is -15.6. The first-order chi connectivity index (χ1) is 64.9. The third-order valence-corrected chi connectivity index (χ3v) is 25.5. The van der Waals surface area contributed by atoms with Gasteiger partial charge < -0.3 is 22.1 Å². The average molecular weight is 1780 g/mol. The number of hydrogen-bond donors (Lipinski definition) is 0. The van der Waals surface area contributed by atoms with Crippen molar-refractivity contribution in [3.05, 3.63) is 350 Å². The van der Waals surface area contributed by atoms with Gasteiger partial charge in [0, 0.05) is 131 Å². The highest BCUT2D eigenvalue weighted by Gasteiger charge is 2.29. The van der Waals surface area contributed by atoms with Gasteiger partial charge in [-0.2, -0.15) is 5.26 Å². The van der Waals surface area contributed by atoms with Crippen molar-refractivity contribution in [2.75, 3.05) is 0 Å². The van der Waals surface area contributed by atoms with E-state index in [0.717, 1.165) is 204 Å². The summed E-state index contributed by atoms with van der Waals surface area (Å²) in [7, 11) is 10.2. The van der Waals surface area contributed by atoms with Gasteiger partial charge in [0.05, 0.1) is 43.0 Å². The lowest BCUT2D eigenvalue weighted by atomic mass is 9.95. The molecule has 0 saturated carbocycles. The van der Waals surface area contributed by atoms with Crippen LogP contribution in [0.2, 0.25) is 0 Å². The molecule has 135 heavy (non-hydrogen) atoms. The summed E-state index contributed by atoms with van der Waals surface area (Å²) >= 11 is 0. The van der Waals surface area contributed by atoms with Crippen molar-refractivity contribution in [3.63, 3.8) is 0 Å². The Bertz CT molecular complexity index is 8270. The molecule has 20 rings (SSSR count). The molecule has 0 bridgehead atoms. The van der Waals surface area contributed by atoms with Crippen LogP contribution in [0.15, 0.2) is 265 Å². The number of furan rings is 5. The topological polar surface area (TPSA) is 126 Å². The van der Waals surface area contributed by atoms with Crippen LogP contribution in [0.5, 0.6) is 0 Å². The van der Waals surface area contributed by atoms with Gasteiger partial charge in [0.1, 0.15) is 91.6 Å². The molecule has 0 fully saturated rings. The number of pyridine rings is 5. The highest BCUT2D eigenvalue weighted by Crippen LogP contribution is 2.48. The Balaban J connectivity index is 0.000000123. The molecule has 0 aliphatic heterocycles. The molecular formula is C120H115N10O5+5. The van der Waals surface area contributed by atoms with Crippen LogP contribution in [0.4, 0.5) is 22.7 Å². The third kappa shape index (κ3) is 18.6. The van der Waals surface area contributed by atoms with Crippen LogP contribution in [0, 0.1) is 102 Å². The first-order valence-corrected chi connectivity index (χ1v) is 46.5. The van der Waals surface area contributed by atoms with Gasteiger partial charge in [0.25, 0.3) is 0 Å². The maximum Gasteiger partial charge on any atom is 0.229 e. The Labute approximate surface area is 790 Å². The molecule has 10 aromatic carbocycles. The van der Waals surface area contributed by atoms with E-state index in [-0.39, 0.29) is 0 Å². The Morgan fingerprint density at radius 3 is 1.24 bits per heavy atom. The first-order valence-electron chi connectivity index (χ1n) is 46.5. The van der Waals surface area contributed by atoms with Gasteiger partial charge in [0.15, 0.2) is 42.3 Å². The highest BCUT2D eigenvalue weighted by molar-refractivity contribution is 6.18. The van der Waals surface area contributed by atoms with Crippen molar-refractivity contribution >= 4 is 132 Å². The third-order valence-electron chi connectivity index (χ3n) is 25.5. The Kier molecular flexibility index (Phi) is 26.8. The summed E-state index contributed by atoms with van der Waals surface area (Å²) in [4.78, 5) is 15.3. The second-order valence-electron chi connectivity index (χ2n) is 38.2. The van der Waals surface area contributed by atoms with E-state index in [0.29, 0.717) is 63.4 Å². The van der Waals surface area contributed by atoms with E-state index in [2.05, 4.69) is 318 Å². The number of benzene rings is 10. The van der Waals surface area contributed by atoms with E-state index in [1.54, 1.807) is 0 Å². The van der Waals surface area contributed by atoms with Crippen LogP contribution < -0.4 is 22.8 Å². The van der Waals surface area contributed by atoms with E-state index in [1.807, 2.05) is 112 Å². The SMILES string of the molecule is Cc1cc2oc3c(C#N)cc(CC(C)C)cc3c2cc1-c1cccc[n+]1C.[C-]#[N+]c1c(-c2cccc[n+]2C)c(C)cc2oc3ccc(CC(C)C)cc3c12.[C-]#[N+]c1c(CC(C)C)ccc2oc3cc(C)c(-c4cccc[n+]4C)cc3c12.[C-]#[N+]c1cc2oc3cc(C)c(-c4cccc[n+]4C)cc3c2cc1CC(C)C.[C-]#[N+]c1ccc(CC(C)C)c2c1oc1c(-c3cccc[n+]3C)c(C)ccc12. The molecule has 670 valence electrons. The minimum atomic E-state index is 0.502. The van der Waals surface area contributed by atoms with Crippen molar-refractivity contribution in [1.29, 1.82) is 5.26 Å². The van der Waals surface area contributed by atoms with Crippen molar-refractivity contribution in [1.82, 2.24) is 0 Å². The largest absolute Gasteiger partial charge is 0.466 e. The molecule has 0 N–H and O–H groups in total. The second kappa shape index (κ2) is 39.1. The molecule has 10 aromatic heterocycles. The maximum absolute atomic E-state index is 9.63. The van der Waals surface area contributed by atoms with Crippen LogP contribution in [0.3, 0.4) is 0 Å². The van der Waals surface area contributed by atoms with Gasteiger partial charge in [-0.05, 0) is 261 Å². The molecule has 0 amide bonds. The summed E-state index contributed by atoms with van der Waals surface area (Å²) in [5.74, 6) is 2.66. The number of hydrogen-bond acceptors (Lipinski definition) is 6. The van der Waals surface area contributed by atoms with Crippen LogP contribution in [0.25, 0.3) is 185 Å². The fourth-order valence-corrected chi connectivity index (χ4v) is 19.3. The Morgan fingerprint density at radius 1 is 0.289 bits per heavy atom. The lowest BCUT2D eigenvalue weighted by molar-refractivity contribution is -0.660. The quantitative estimate of drug-likeness (QED) is 0.0743. The monoisotopic (exact) mass is 1780 g/mol. The molecular weight excluding hydrogens is 1660 g/mol. The van der Waals surface area contributed by atoms with Gasteiger partial charge in [-0.25, -0.2) is 42.2 Å². The average Bonchev–Trinajstić information content (AvgIpc) is 1.73. The van der Waals surface area contributed by atoms with Gasteiger partial charge >= 0.3 is 0 Å². The molecule has 20 aromatic rings. The molecule has 0 unspecified atom stereocenters. The lowest BCUT2D eigenvalue weighted by Crippen LogP contribution is -2.30. The summed E-state index contributed by atoms with van der Waals surface area (Å²) in [5, 5.41) is 20.0. The number of rotatable bonds is 15. The number of fused-ring (bicyclic) bond motifs is 15. The number of aromatic nitrogens is 5. The minimum Gasteiger partial charge on any atom is -0.466 e. The molecule has 0 atom stereocenters. The van der Waals surface area contributed by atoms with Crippen LogP contribution in [-0.4, -0.2) is 0 Å². The molecule has 0 saturated heterocycles. The van der Waals surface area contributed by atoms with Crippen molar-refractivity contribution in [2.24, 2.45) is 64.8 Å². The van der Waals surface area contributed by atoms with Crippen molar-refractivity contribution in [2.45, 2.75) is 136 Å². The summed E-state index contributed by atoms with van der Waals surface area (Å²) in [6.07, 6.45) is 15.0. The lowest BCUT2D eigenvalue weighted by Gasteiger charge is -2.08. The molecule has 0 spiro atoms. The first kappa shape index (κ1) is 92.7. The fraction of sp³-hybridized carbons (Fsp3) is 0.250. The molecule has 10 heterocycles. The molecule has 0 aliphatic rings. The number of nitrogens with zero attached hydrogens (tertiary/aromatic N) is 10. The van der Waals surface area contributed by atoms with Crippen molar-refractivity contribution in [3.8, 4) is 62.4 Å². The summed E-state index contributed by atoms with van der Waals surface area (Å²) in [6, 6.07) is 75.1. The zero-order valence-electron chi connectivity index (χ0n) is 81.0. The second-order valence-corrected chi connectivity index (χ2v) is 38.2. The maximum atomic E-state index is 9.63. The minimum absolute atomic E-state index is 0.502. The van der Waals surface area contributed by atoms with Gasteiger partial charge in [0.2, 0.25) is 45.5 Å². The molecule has 15 heteroatoms. The molecule has 0 radical (unpaired) electrons. The molecule has 0 aliphatic carbocycles. The predicted octanol–water partition coefficient (Wildman–Crippen LogP) is 30.0. The van der Waals surface area contributed by atoms with Crippen LogP contribution >= 0.6 is 0 Å². The van der Waals surface area contributed by atoms with Gasteiger partial charge in [-0.3, -0.25) is 0 Å². The summed E-state index contributed by atoms with van der Waals surface area (Å²) in [5.41, 5.74) is 34.2. The summed E-state index contributed by atoms with van der Waals surface area (Å²) in [6.45, 7) is 63.3. The van der Waals surface area contributed by atoms with Crippen LogP contribution in [-0.2, 0) is 67.3 Å². The fourth-order valence-electron chi connectivity index (χ4n) is 19.3. The molecule has 15 nitrogen and oxygen atoms in total. The Morgan fingerprint density at radius 2 is 0.711 bits per heavy atom. The van der Waals surface area contributed by atoms with Gasteiger partial charge in [-0.1, -0.05) is 112 Å². The van der Waals surface area contributed by atoms with E-state index in [1.165, 1.54) is 44.6 Å². The van der Waals surface area contributed by atoms with E-state index >= 15 is 0 Å². The number of aryl methyl sites for hydroxylation is 10. The zero-order valence-corrected chi connectivity index (χ0v) is 81.0. The zero-order chi connectivity index (χ0) is 95.6. The van der Waals surface area contributed by atoms with Gasteiger partial charge in [-0.15, -0.1) is 0 Å².